The monoisotopic (exact) mass is 400 g/mol. The van der Waals surface area contributed by atoms with Crippen LogP contribution >= 0.6 is 11.6 Å². The average molecular weight is 401 g/mol. The molecule has 0 aliphatic carbocycles. The quantitative estimate of drug-likeness (QED) is 0.775. The lowest BCUT2D eigenvalue weighted by Gasteiger charge is -2.32. The summed E-state index contributed by atoms with van der Waals surface area (Å²) in [5, 5.41) is 3.39. The maximum Gasteiger partial charge on any atom is 0.251 e. The third-order valence-electron chi connectivity index (χ3n) is 5.26. The van der Waals surface area contributed by atoms with Crippen molar-refractivity contribution < 1.29 is 14.5 Å². The second-order valence-electron chi connectivity index (χ2n) is 7.25. The van der Waals surface area contributed by atoms with Crippen LogP contribution in [0.2, 0.25) is 5.02 Å². The second kappa shape index (κ2) is 9.71. The Labute approximate surface area is 171 Å². The van der Waals surface area contributed by atoms with Crippen molar-refractivity contribution in [3.8, 4) is 0 Å². The van der Waals surface area contributed by atoms with Gasteiger partial charge in [0.2, 0.25) is 5.91 Å². The largest absolute Gasteiger partial charge is 0.352 e. The van der Waals surface area contributed by atoms with Gasteiger partial charge in [-0.05, 0) is 36.8 Å². The van der Waals surface area contributed by atoms with Gasteiger partial charge in [0.25, 0.3) is 5.91 Å². The van der Waals surface area contributed by atoms with Gasteiger partial charge < -0.3 is 15.1 Å². The summed E-state index contributed by atoms with van der Waals surface area (Å²) in [6.07, 6.45) is 0.326. The summed E-state index contributed by atoms with van der Waals surface area (Å²) < 4.78 is 0. The Morgan fingerprint density at radius 3 is 2.43 bits per heavy atom. The van der Waals surface area contributed by atoms with Gasteiger partial charge in [-0.25, -0.2) is 0 Å². The Kier molecular flexibility index (Phi) is 7.06. The lowest BCUT2D eigenvalue weighted by Crippen LogP contribution is -3.13. The van der Waals surface area contributed by atoms with Gasteiger partial charge in [0, 0.05) is 29.1 Å². The number of carbonyl (C=O) groups excluding carboxylic acids is 2. The van der Waals surface area contributed by atoms with Crippen molar-refractivity contribution in [2.75, 3.05) is 32.7 Å². The first-order chi connectivity index (χ1) is 13.5. The molecule has 1 fully saturated rings. The van der Waals surface area contributed by atoms with E-state index in [4.69, 9.17) is 11.6 Å². The molecule has 2 N–H and O–H groups in total. The molecule has 0 radical (unpaired) electrons. The van der Waals surface area contributed by atoms with Crippen LogP contribution in [0.1, 0.15) is 27.9 Å². The number of halogens is 1. The Hall–Kier alpha value is -2.37. The van der Waals surface area contributed by atoms with Gasteiger partial charge in [-0.2, -0.15) is 0 Å². The molecule has 2 aromatic carbocycles. The first-order valence-electron chi connectivity index (χ1n) is 9.72. The van der Waals surface area contributed by atoms with Crippen LogP contribution in [-0.4, -0.2) is 49.4 Å². The minimum absolute atomic E-state index is 0.103. The Morgan fingerprint density at radius 1 is 1.07 bits per heavy atom. The standard InChI is InChI=1S/C22H26ClN3O2/c1-17-4-2-3-5-19(17)16-25-12-14-26(15-13-25)21(27)10-11-24-22(28)18-6-8-20(23)9-7-18/h2-9H,10-16H2,1H3,(H,24,28)/p+1. The third kappa shape index (κ3) is 5.57. The number of nitrogens with zero attached hydrogens (tertiary/aromatic N) is 1. The Morgan fingerprint density at radius 2 is 1.75 bits per heavy atom. The molecule has 0 spiro atoms. The predicted octanol–water partition coefficient (Wildman–Crippen LogP) is 1.70. The van der Waals surface area contributed by atoms with E-state index in [1.54, 1.807) is 24.3 Å². The van der Waals surface area contributed by atoms with Gasteiger partial charge in [0.05, 0.1) is 26.2 Å². The molecule has 1 aliphatic heterocycles. The molecule has 6 heteroatoms. The molecule has 5 nitrogen and oxygen atoms in total. The average Bonchev–Trinajstić information content (AvgIpc) is 2.70. The Bertz CT molecular complexity index is 815. The number of rotatable bonds is 6. The molecule has 3 rings (SSSR count). The molecule has 148 valence electrons. The van der Waals surface area contributed by atoms with Crippen LogP contribution in [0.4, 0.5) is 0 Å². The van der Waals surface area contributed by atoms with Crippen LogP contribution in [-0.2, 0) is 11.3 Å². The number of quaternary nitrogens is 1. The zero-order valence-electron chi connectivity index (χ0n) is 16.2. The SMILES string of the molecule is Cc1ccccc1C[NH+]1CCN(C(=O)CCNC(=O)c2ccc(Cl)cc2)CC1. The Balaban J connectivity index is 1.38. The highest BCUT2D eigenvalue weighted by atomic mass is 35.5. The highest BCUT2D eigenvalue weighted by molar-refractivity contribution is 6.30. The van der Waals surface area contributed by atoms with E-state index < -0.39 is 0 Å². The van der Waals surface area contributed by atoms with E-state index in [0.29, 0.717) is 23.6 Å². The maximum absolute atomic E-state index is 12.4. The number of amides is 2. The molecular formula is C22H27ClN3O2+. The van der Waals surface area contributed by atoms with E-state index in [1.165, 1.54) is 16.0 Å². The summed E-state index contributed by atoms with van der Waals surface area (Å²) in [6, 6.07) is 15.2. The maximum atomic E-state index is 12.4. The van der Waals surface area contributed by atoms with Gasteiger partial charge in [0.1, 0.15) is 6.54 Å². The molecule has 1 aliphatic rings. The van der Waals surface area contributed by atoms with Crippen LogP contribution in [0.25, 0.3) is 0 Å². The molecule has 0 aromatic heterocycles. The summed E-state index contributed by atoms with van der Waals surface area (Å²) in [5.74, 6) is -0.0803. The van der Waals surface area contributed by atoms with E-state index in [-0.39, 0.29) is 11.8 Å². The fourth-order valence-electron chi connectivity index (χ4n) is 3.47. The van der Waals surface area contributed by atoms with Gasteiger partial charge in [0.15, 0.2) is 0 Å². The number of hydrogen-bond donors (Lipinski definition) is 2. The van der Waals surface area contributed by atoms with Crippen LogP contribution in [0.5, 0.6) is 0 Å². The van der Waals surface area contributed by atoms with Crippen LogP contribution in [0.3, 0.4) is 0 Å². The molecule has 1 heterocycles. The lowest BCUT2D eigenvalue weighted by molar-refractivity contribution is -0.917. The first-order valence-corrected chi connectivity index (χ1v) is 10.1. The zero-order chi connectivity index (χ0) is 19.9. The van der Waals surface area contributed by atoms with E-state index in [1.807, 2.05) is 4.90 Å². The smallest absolute Gasteiger partial charge is 0.251 e. The molecule has 2 amide bonds. The molecule has 0 atom stereocenters. The molecule has 0 unspecified atom stereocenters. The van der Waals surface area contributed by atoms with Crippen LogP contribution < -0.4 is 10.2 Å². The highest BCUT2D eigenvalue weighted by Gasteiger charge is 2.23. The van der Waals surface area contributed by atoms with Crippen molar-refractivity contribution in [1.29, 1.82) is 0 Å². The van der Waals surface area contributed by atoms with Gasteiger partial charge in [-0.1, -0.05) is 35.9 Å². The molecule has 2 aromatic rings. The van der Waals surface area contributed by atoms with Crippen LogP contribution in [0.15, 0.2) is 48.5 Å². The lowest BCUT2D eigenvalue weighted by atomic mass is 10.1. The fourth-order valence-corrected chi connectivity index (χ4v) is 3.60. The number of aryl methyl sites for hydroxylation is 1. The molecular weight excluding hydrogens is 374 g/mol. The van der Waals surface area contributed by atoms with Crippen molar-refractivity contribution in [3.05, 3.63) is 70.2 Å². The van der Waals surface area contributed by atoms with Crippen molar-refractivity contribution in [1.82, 2.24) is 10.2 Å². The molecule has 1 saturated heterocycles. The van der Waals surface area contributed by atoms with E-state index in [9.17, 15) is 9.59 Å². The summed E-state index contributed by atoms with van der Waals surface area (Å²) >= 11 is 5.83. The number of nitrogens with one attached hydrogen (secondary N) is 2. The highest BCUT2D eigenvalue weighted by Crippen LogP contribution is 2.09. The van der Waals surface area contributed by atoms with Crippen molar-refractivity contribution in [3.63, 3.8) is 0 Å². The molecule has 0 saturated carbocycles. The minimum Gasteiger partial charge on any atom is -0.352 e. The minimum atomic E-state index is -0.183. The summed E-state index contributed by atoms with van der Waals surface area (Å²) in [6.45, 7) is 6.94. The first kappa shape index (κ1) is 20.4. The van der Waals surface area contributed by atoms with Gasteiger partial charge in [-0.15, -0.1) is 0 Å². The van der Waals surface area contributed by atoms with E-state index >= 15 is 0 Å². The summed E-state index contributed by atoms with van der Waals surface area (Å²) in [4.78, 5) is 27.9. The van der Waals surface area contributed by atoms with E-state index in [0.717, 1.165) is 32.7 Å². The zero-order valence-corrected chi connectivity index (χ0v) is 17.0. The van der Waals surface area contributed by atoms with Gasteiger partial charge in [-0.3, -0.25) is 9.59 Å². The summed E-state index contributed by atoms with van der Waals surface area (Å²) in [7, 11) is 0. The summed E-state index contributed by atoms with van der Waals surface area (Å²) in [5.41, 5.74) is 3.25. The third-order valence-corrected chi connectivity index (χ3v) is 5.51. The molecule has 28 heavy (non-hydrogen) atoms. The number of hydrogen-bond acceptors (Lipinski definition) is 2. The van der Waals surface area contributed by atoms with E-state index in [2.05, 4.69) is 36.5 Å². The predicted molar refractivity (Wildman–Crippen MR) is 111 cm³/mol. The number of benzene rings is 2. The van der Waals surface area contributed by atoms with Crippen molar-refractivity contribution >= 4 is 23.4 Å². The normalized spacial score (nSPS) is 14.7. The topological polar surface area (TPSA) is 53.9 Å². The molecule has 0 bridgehead atoms. The number of carbonyl (C=O) groups is 2. The van der Waals surface area contributed by atoms with Crippen molar-refractivity contribution in [2.24, 2.45) is 0 Å². The van der Waals surface area contributed by atoms with Gasteiger partial charge >= 0.3 is 0 Å². The van der Waals surface area contributed by atoms with Crippen molar-refractivity contribution in [2.45, 2.75) is 19.9 Å². The number of piperazine rings is 1. The second-order valence-corrected chi connectivity index (χ2v) is 7.68. The van der Waals surface area contributed by atoms with Crippen LogP contribution in [0, 0.1) is 6.92 Å². The fraction of sp³-hybridized carbons (Fsp3) is 0.364.